The lowest BCUT2D eigenvalue weighted by Crippen LogP contribution is -2.00. The van der Waals surface area contributed by atoms with Gasteiger partial charge in [-0.2, -0.15) is 0 Å². The summed E-state index contributed by atoms with van der Waals surface area (Å²) in [5, 5.41) is 15.6. The topological polar surface area (TPSA) is 59.2 Å². The van der Waals surface area contributed by atoms with Gasteiger partial charge in [0.05, 0.1) is 10.6 Å². The van der Waals surface area contributed by atoms with E-state index in [9.17, 15) is 5.11 Å². The lowest BCUT2D eigenvalue weighted by atomic mass is 10.1. The lowest BCUT2D eigenvalue weighted by Gasteiger charge is -2.05. The van der Waals surface area contributed by atoms with E-state index in [1.165, 1.54) is 17.1 Å². The summed E-state index contributed by atoms with van der Waals surface area (Å²) in [5.41, 5.74) is 2.83. The molecule has 0 aliphatic carbocycles. The van der Waals surface area contributed by atoms with Crippen molar-refractivity contribution in [3.63, 3.8) is 0 Å². The van der Waals surface area contributed by atoms with E-state index < -0.39 is 6.10 Å². The molecular formula is C15H16N2O2S. The Morgan fingerprint density at radius 3 is 3.00 bits per heavy atom. The van der Waals surface area contributed by atoms with Crippen molar-refractivity contribution in [3.05, 3.63) is 46.2 Å². The number of aliphatic hydroxyl groups excluding tert-OH is 1. The summed E-state index contributed by atoms with van der Waals surface area (Å²) in [6.07, 6.45) is 1.01. The minimum Gasteiger partial charge on any atom is -0.458 e. The van der Waals surface area contributed by atoms with Crippen molar-refractivity contribution in [3.8, 4) is 0 Å². The molecule has 104 valence electrons. The molecule has 1 N–H and O–H groups in total. The number of furan rings is 1. The fourth-order valence-corrected chi connectivity index (χ4v) is 2.97. The van der Waals surface area contributed by atoms with E-state index in [-0.39, 0.29) is 0 Å². The van der Waals surface area contributed by atoms with Crippen LogP contribution in [0.1, 0.15) is 41.3 Å². The number of aryl methyl sites for hydroxylation is 2. The van der Waals surface area contributed by atoms with Crippen LogP contribution in [0.3, 0.4) is 0 Å². The van der Waals surface area contributed by atoms with E-state index in [1.54, 1.807) is 0 Å². The van der Waals surface area contributed by atoms with Crippen LogP contribution in [0.25, 0.3) is 11.0 Å². The maximum Gasteiger partial charge on any atom is 0.149 e. The molecule has 3 rings (SSSR count). The predicted molar refractivity (Wildman–Crippen MR) is 78.9 cm³/mol. The average Bonchev–Trinajstić information content (AvgIpc) is 3.04. The van der Waals surface area contributed by atoms with E-state index in [4.69, 9.17) is 4.42 Å². The summed E-state index contributed by atoms with van der Waals surface area (Å²) >= 11 is 1.23. The van der Waals surface area contributed by atoms with Gasteiger partial charge < -0.3 is 9.52 Å². The minimum atomic E-state index is -0.788. The van der Waals surface area contributed by atoms with Crippen LogP contribution < -0.4 is 0 Å². The highest BCUT2D eigenvalue weighted by Crippen LogP contribution is 2.31. The molecule has 0 spiro atoms. The van der Waals surface area contributed by atoms with Gasteiger partial charge in [0.15, 0.2) is 0 Å². The van der Waals surface area contributed by atoms with E-state index in [0.29, 0.717) is 5.76 Å². The number of aliphatic hydroxyl groups is 1. The first kappa shape index (κ1) is 13.3. The van der Waals surface area contributed by atoms with Crippen LogP contribution in [-0.2, 0) is 6.42 Å². The number of hydrogen-bond acceptors (Lipinski definition) is 5. The van der Waals surface area contributed by atoms with Crippen LogP contribution in [0, 0.1) is 6.92 Å². The molecule has 1 unspecified atom stereocenters. The van der Waals surface area contributed by atoms with Gasteiger partial charge in [-0.25, -0.2) is 0 Å². The highest BCUT2D eigenvalue weighted by Gasteiger charge is 2.21. The van der Waals surface area contributed by atoms with Crippen LogP contribution in [-0.4, -0.2) is 14.7 Å². The van der Waals surface area contributed by atoms with Crippen LogP contribution in [0.4, 0.5) is 0 Å². The zero-order valence-corrected chi connectivity index (χ0v) is 12.3. The molecule has 3 aromatic rings. The maximum absolute atomic E-state index is 10.5. The molecule has 0 radical (unpaired) electrons. The Kier molecular flexibility index (Phi) is 3.54. The lowest BCUT2D eigenvalue weighted by molar-refractivity contribution is 0.194. The van der Waals surface area contributed by atoms with Crippen molar-refractivity contribution < 1.29 is 9.52 Å². The van der Waals surface area contributed by atoms with Gasteiger partial charge in [-0.3, -0.25) is 0 Å². The first-order valence-electron chi connectivity index (χ1n) is 6.68. The third-order valence-corrected chi connectivity index (χ3v) is 4.10. The zero-order valence-electron chi connectivity index (χ0n) is 11.5. The number of nitrogens with zero attached hydrogens (tertiary/aromatic N) is 2. The minimum absolute atomic E-state index is 0.550. The van der Waals surface area contributed by atoms with Gasteiger partial charge in [0.25, 0.3) is 0 Å². The van der Waals surface area contributed by atoms with Gasteiger partial charge in [0.1, 0.15) is 17.4 Å². The first-order valence-corrected chi connectivity index (χ1v) is 7.45. The SMILES string of the molecule is CCCc1nnsc1C(O)c1cc2cc(C)ccc2o1. The van der Waals surface area contributed by atoms with Crippen molar-refractivity contribution in [2.75, 3.05) is 0 Å². The van der Waals surface area contributed by atoms with Crippen molar-refractivity contribution in [2.45, 2.75) is 32.8 Å². The highest BCUT2D eigenvalue weighted by atomic mass is 32.1. The Bertz CT molecular complexity index is 732. The Morgan fingerprint density at radius 1 is 1.35 bits per heavy atom. The van der Waals surface area contributed by atoms with Crippen molar-refractivity contribution in [1.29, 1.82) is 0 Å². The molecule has 1 aromatic carbocycles. The summed E-state index contributed by atoms with van der Waals surface area (Å²) in [6, 6.07) is 7.87. The van der Waals surface area contributed by atoms with E-state index >= 15 is 0 Å². The summed E-state index contributed by atoms with van der Waals surface area (Å²) in [4.78, 5) is 0.780. The molecule has 0 aliphatic rings. The van der Waals surface area contributed by atoms with Crippen LogP contribution >= 0.6 is 11.5 Å². The second-order valence-corrected chi connectivity index (χ2v) is 5.71. The number of aromatic nitrogens is 2. The number of hydrogen-bond donors (Lipinski definition) is 1. The molecule has 0 saturated heterocycles. The highest BCUT2D eigenvalue weighted by molar-refractivity contribution is 7.05. The van der Waals surface area contributed by atoms with Crippen LogP contribution in [0.2, 0.25) is 0 Å². The fourth-order valence-electron chi connectivity index (χ4n) is 2.28. The third kappa shape index (κ3) is 2.34. The normalized spacial score (nSPS) is 12.9. The largest absolute Gasteiger partial charge is 0.458 e. The Balaban J connectivity index is 1.99. The molecule has 1 atom stereocenters. The monoisotopic (exact) mass is 288 g/mol. The standard InChI is InChI=1S/C15H16N2O2S/c1-3-4-11-15(20-17-16-11)14(18)13-8-10-7-9(2)5-6-12(10)19-13/h5-8,14,18H,3-4H2,1-2H3. The van der Waals surface area contributed by atoms with Gasteiger partial charge in [-0.1, -0.05) is 29.5 Å². The number of fused-ring (bicyclic) bond motifs is 1. The maximum atomic E-state index is 10.5. The van der Waals surface area contributed by atoms with E-state index in [2.05, 4.69) is 16.5 Å². The molecule has 0 saturated carbocycles. The van der Waals surface area contributed by atoms with Crippen molar-refractivity contribution in [1.82, 2.24) is 9.59 Å². The summed E-state index contributed by atoms with van der Waals surface area (Å²) < 4.78 is 9.69. The molecule has 0 amide bonds. The molecule has 0 aliphatic heterocycles. The molecule has 0 fully saturated rings. The molecule has 2 heterocycles. The second kappa shape index (κ2) is 5.34. The molecule has 20 heavy (non-hydrogen) atoms. The predicted octanol–water partition coefficient (Wildman–Crippen LogP) is 3.63. The quantitative estimate of drug-likeness (QED) is 0.796. The summed E-state index contributed by atoms with van der Waals surface area (Å²) in [7, 11) is 0. The van der Waals surface area contributed by atoms with Crippen LogP contribution in [0.5, 0.6) is 0 Å². The van der Waals surface area contributed by atoms with E-state index in [0.717, 1.165) is 34.4 Å². The summed E-state index contributed by atoms with van der Waals surface area (Å²) in [6.45, 7) is 4.12. The van der Waals surface area contributed by atoms with Gasteiger partial charge in [-0.05, 0) is 43.1 Å². The van der Waals surface area contributed by atoms with Crippen LogP contribution in [0.15, 0.2) is 28.7 Å². The van der Waals surface area contributed by atoms with Gasteiger partial charge >= 0.3 is 0 Å². The number of benzene rings is 1. The smallest absolute Gasteiger partial charge is 0.149 e. The first-order chi connectivity index (χ1) is 9.69. The summed E-state index contributed by atoms with van der Waals surface area (Å²) in [5.74, 6) is 0.550. The van der Waals surface area contributed by atoms with Crippen molar-refractivity contribution >= 4 is 22.5 Å². The molecule has 0 bridgehead atoms. The Hall–Kier alpha value is -1.72. The molecule has 4 nitrogen and oxygen atoms in total. The van der Waals surface area contributed by atoms with E-state index in [1.807, 2.05) is 31.2 Å². The Morgan fingerprint density at radius 2 is 2.20 bits per heavy atom. The average molecular weight is 288 g/mol. The molecular weight excluding hydrogens is 272 g/mol. The second-order valence-electron chi connectivity index (χ2n) is 4.93. The fraction of sp³-hybridized carbons (Fsp3) is 0.333. The Labute approximate surface area is 121 Å². The van der Waals surface area contributed by atoms with Gasteiger partial charge in [0, 0.05) is 5.39 Å². The molecule has 2 aromatic heterocycles. The zero-order chi connectivity index (χ0) is 14.1. The molecule has 5 heteroatoms. The number of rotatable bonds is 4. The van der Waals surface area contributed by atoms with Crippen molar-refractivity contribution in [2.24, 2.45) is 0 Å². The van der Waals surface area contributed by atoms with Gasteiger partial charge in [0.2, 0.25) is 0 Å². The van der Waals surface area contributed by atoms with Gasteiger partial charge in [-0.15, -0.1) is 5.10 Å². The third-order valence-electron chi connectivity index (χ3n) is 3.28.